The van der Waals surface area contributed by atoms with Crippen LogP contribution >= 0.6 is 23.4 Å². The molecule has 0 saturated heterocycles. The van der Waals surface area contributed by atoms with Gasteiger partial charge in [0.1, 0.15) is 0 Å². The molecule has 0 fully saturated rings. The molecule has 2 aromatic rings. The lowest BCUT2D eigenvalue weighted by atomic mass is 10.1. The molecule has 0 aliphatic carbocycles. The Bertz CT molecular complexity index is 759. The highest BCUT2D eigenvalue weighted by Crippen LogP contribution is 2.45. The first kappa shape index (κ1) is 17.3. The van der Waals surface area contributed by atoms with E-state index in [4.69, 9.17) is 11.6 Å². The van der Waals surface area contributed by atoms with Gasteiger partial charge in [0, 0.05) is 33.3 Å². The van der Waals surface area contributed by atoms with Crippen LogP contribution < -0.4 is 5.32 Å². The average molecular weight is 361 g/mol. The Labute approximate surface area is 152 Å². The van der Waals surface area contributed by atoms with Crippen LogP contribution in [-0.2, 0) is 0 Å². The summed E-state index contributed by atoms with van der Waals surface area (Å²) in [6.45, 7) is 7.00. The number of fused-ring (bicyclic) bond motifs is 2. The monoisotopic (exact) mass is 360 g/mol. The van der Waals surface area contributed by atoms with Gasteiger partial charge < -0.3 is 10.2 Å². The van der Waals surface area contributed by atoms with Gasteiger partial charge in [0.15, 0.2) is 5.78 Å². The van der Waals surface area contributed by atoms with E-state index in [-0.39, 0.29) is 5.78 Å². The van der Waals surface area contributed by atoms with Gasteiger partial charge in [-0.2, -0.15) is 0 Å². The molecule has 1 aliphatic rings. The molecule has 0 aromatic heterocycles. The molecule has 24 heavy (non-hydrogen) atoms. The lowest BCUT2D eigenvalue weighted by Gasteiger charge is -2.22. The van der Waals surface area contributed by atoms with Crippen molar-refractivity contribution in [1.82, 2.24) is 4.90 Å². The first-order valence-electron chi connectivity index (χ1n) is 8.24. The molecule has 0 unspecified atom stereocenters. The first-order valence-corrected chi connectivity index (χ1v) is 9.44. The maximum absolute atomic E-state index is 12.5. The number of nitrogens with one attached hydrogen (secondary N) is 1. The Kier molecular flexibility index (Phi) is 5.49. The molecule has 1 aliphatic heterocycles. The summed E-state index contributed by atoms with van der Waals surface area (Å²) < 4.78 is 0. The minimum Gasteiger partial charge on any atom is -0.354 e. The van der Waals surface area contributed by atoms with Crippen LogP contribution in [0.3, 0.4) is 0 Å². The molecular formula is C19H21ClN2OS. The SMILES string of the molecule is CCN(CC)CCC(=O)c1ccc2c(c1)Nc1cc(Cl)ccc1S2. The van der Waals surface area contributed by atoms with Gasteiger partial charge >= 0.3 is 0 Å². The molecule has 0 spiro atoms. The predicted molar refractivity (Wildman–Crippen MR) is 102 cm³/mol. The van der Waals surface area contributed by atoms with Gasteiger partial charge in [0.25, 0.3) is 0 Å². The molecule has 1 heterocycles. The third-order valence-electron chi connectivity index (χ3n) is 4.28. The van der Waals surface area contributed by atoms with Crippen molar-refractivity contribution >= 4 is 40.5 Å². The van der Waals surface area contributed by atoms with Gasteiger partial charge in [-0.15, -0.1) is 0 Å². The van der Waals surface area contributed by atoms with E-state index >= 15 is 0 Å². The minimum absolute atomic E-state index is 0.188. The van der Waals surface area contributed by atoms with Crippen molar-refractivity contribution in [1.29, 1.82) is 0 Å². The Balaban J connectivity index is 1.75. The maximum Gasteiger partial charge on any atom is 0.164 e. The smallest absolute Gasteiger partial charge is 0.164 e. The van der Waals surface area contributed by atoms with Crippen LogP contribution in [0.5, 0.6) is 0 Å². The van der Waals surface area contributed by atoms with Crippen molar-refractivity contribution in [3.8, 4) is 0 Å². The van der Waals surface area contributed by atoms with Crippen molar-refractivity contribution in [2.45, 2.75) is 30.1 Å². The summed E-state index contributed by atoms with van der Waals surface area (Å²) in [6.07, 6.45) is 0.552. The summed E-state index contributed by atoms with van der Waals surface area (Å²) in [5, 5.41) is 4.10. The number of nitrogens with zero attached hydrogens (tertiary/aromatic N) is 1. The topological polar surface area (TPSA) is 32.3 Å². The highest BCUT2D eigenvalue weighted by molar-refractivity contribution is 7.99. The fourth-order valence-corrected chi connectivity index (χ4v) is 3.91. The Morgan fingerprint density at radius 1 is 1.08 bits per heavy atom. The third kappa shape index (κ3) is 3.77. The molecule has 126 valence electrons. The maximum atomic E-state index is 12.5. The van der Waals surface area contributed by atoms with Gasteiger partial charge in [0.2, 0.25) is 0 Å². The molecule has 1 N–H and O–H groups in total. The van der Waals surface area contributed by atoms with Crippen molar-refractivity contribution < 1.29 is 4.79 Å². The van der Waals surface area contributed by atoms with Gasteiger partial charge in [-0.1, -0.05) is 43.3 Å². The van der Waals surface area contributed by atoms with E-state index in [1.165, 1.54) is 0 Å². The van der Waals surface area contributed by atoms with Crippen molar-refractivity contribution in [2.75, 3.05) is 25.0 Å². The number of ketones is 1. The number of Topliss-reactive ketones (excluding diaryl/α,β-unsaturated/α-hetero) is 1. The fraction of sp³-hybridized carbons (Fsp3) is 0.316. The molecule has 0 radical (unpaired) electrons. The molecule has 3 rings (SSSR count). The van der Waals surface area contributed by atoms with E-state index < -0.39 is 0 Å². The van der Waals surface area contributed by atoms with Gasteiger partial charge in [-0.05, 0) is 43.4 Å². The van der Waals surface area contributed by atoms with E-state index in [0.717, 1.165) is 46.4 Å². The molecule has 0 atom stereocenters. The largest absolute Gasteiger partial charge is 0.354 e. The zero-order valence-corrected chi connectivity index (χ0v) is 15.5. The second-order valence-corrected chi connectivity index (χ2v) is 7.30. The summed E-state index contributed by atoms with van der Waals surface area (Å²) in [5.41, 5.74) is 2.73. The highest BCUT2D eigenvalue weighted by atomic mass is 35.5. The van der Waals surface area contributed by atoms with E-state index in [0.29, 0.717) is 11.4 Å². The van der Waals surface area contributed by atoms with Gasteiger partial charge in [-0.25, -0.2) is 0 Å². The van der Waals surface area contributed by atoms with E-state index in [9.17, 15) is 4.79 Å². The van der Waals surface area contributed by atoms with E-state index in [1.54, 1.807) is 11.8 Å². The predicted octanol–water partition coefficient (Wildman–Crippen LogP) is 5.46. The van der Waals surface area contributed by atoms with Crippen molar-refractivity contribution in [3.63, 3.8) is 0 Å². The second kappa shape index (κ2) is 7.60. The normalized spacial score (nSPS) is 12.5. The van der Waals surface area contributed by atoms with Gasteiger partial charge in [0.05, 0.1) is 11.4 Å². The quantitative estimate of drug-likeness (QED) is 0.591. The number of benzene rings is 2. The zero-order chi connectivity index (χ0) is 17.1. The van der Waals surface area contributed by atoms with E-state index in [1.807, 2.05) is 36.4 Å². The molecular weight excluding hydrogens is 340 g/mol. The summed E-state index contributed by atoms with van der Waals surface area (Å²) >= 11 is 7.77. The summed E-state index contributed by atoms with van der Waals surface area (Å²) in [6, 6.07) is 11.7. The van der Waals surface area contributed by atoms with Crippen molar-refractivity contribution in [3.05, 3.63) is 47.0 Å². The summed E-state index contributed by atoms with van der Waals surface area (Å²) in [4.78, 5) is 17.0. The van der Waals surface area contributed by atoms with Crippen LogP contribution in [0, 0.1) is 0 Å². The molecule has 0 amide bonds. The number of rotatable bonds is 6. The number of anilines is 2. The number of hydrogen-bond acceptors (Lipinski definition) is 4. The number of hydrogen-bond donors (Lipinski definition) is 1. The van der Waals surface area contributed by atoms with Crippen LogP contribution in [0.15, 0.2) is 46.2 Å². The van der Waals surface area contributed by atoms with Crippen LogP contribution in [0.2, 0.25) is 5.02 Å². The minimum atomic E-state index is 0.188. The summed E-state index contributed by atoms with van der Waals surface area (Å²) in [7, 11) is 0. The lowest BCUT2D eigenvalue weighted by Crippen LogP contribution is -2.25. The number of carbonyl (C=O) groups excluding carboxylic acids is 1. The van der Waals surface area contributed by atoms with Gasteiger partial charge in [-0.3, -0.25) is 4.79 Å². The fourth-order valence-electron chi connectivity index (χ4n) is 2.79. The molecule has 3 nitrogen and oxygen atoms in total. The standard InChI is InChI=1S/C19H21ClN2OS/c1-3-22(4-2)10-9-17(23)13-5-7-18-15(11-13)21-16-12-14(20)6-8-19(16)24-18/h5-8,11-12,21H,3-4,9-10H2,1-2H3. The van der Waals surface area contributed by atoms with E-state index in [2.05, 4.69) is 24.1 Å². The Morgan fingerprint density at radius 2 is 1.75 bits per heavy atom. The van der Waals surface area contributed by atoms with Crippen LogP contribution in [0.1, 0.15) is 30.6 Å². The molecule has 5 heteroatoms. The van der Waals surface area contributed by atoms with Crippen LogP contribution in [0.25, 0.3) is 0 Å². The molecule has 0 bridgehead atoms. The number of carbonyl (C=O) groups is 1. The number of halogens is 1. The summed E-state index contributed by atoms with van der Waals surface area (Å²) in [5.74, 6) is 0.188. The Hall–Kier alpha value is -1.49. The highest BCUT2D eigenvalue weighted by Gasteiger charge is 2.18. The lowest BCUT2D eigenvalue weighted by molar-refractivity contribution is 0.0966. The Morgan fingerprint density at radius 3 is 2.46 bits per heavy atom. The third-order valence-corrected chi connectivity index (χ3v) is 5.67. The van der Waals surface area contributed by atoms with Crippen LogP contribution in [0.4, 0.5) is 11.4 Å². The first-order chi connectivity index (χ1) is 11.6. The molecule has 0 saturated carbocycles. The van der Waals surface area contributed by atoms with Crippen LogP contribution in [-0.4, -0.2) is 30.3 Å². The average Bonchev–Trinajstić information content (AvgIpc) is 2.60. The second-order valence-electron chi connectivity index (χ2n) is 5.78. The molecule has 2 aromatic carbocycles. The zero-order valence-electron chi connectivity index (χ0n) is 13.9. The van der Waals surface area contributed by atoms with Crippen molar-refractivity contribution in [2.24, 2.45) is 0 Å².